The SMILES string of the molecule is Cc1cc(N2CCC(Oc3ccc(-c4ccncc4)cc3)C2=O)ccc1OCC(C)(C)O. The number of carbonyl (C=O) groups is 1. The van der Waals surface area contributed by atoms with Crippen molar-refractivity contribution in [3.05, 3.63) is 72.6 Å². The maximum Gasteiger partial charge on any atom is 0.268 e. The minimum absolute atomic E-state index is 0.0484. The van der Waals surface area contributed by atoms with Crippen molar-refractivity contribution in [2.45, 2.75) is 38.9 Å². The van der Waals surface area contributed by atoms with Crippen LogP contribution in [0.1, 0.15) is 25.8 Å². The molecule has 0 aliphatic carbocycles. The maximum atomic E-state index is 13.0. The topological polar surface area (TPSA) is 71.9 Å². The molecule has 1 atom stereocenters. The first-order valence-corrected chi connectivity index (χ1v) is 10.7. The molecule has 2 heterocycles. The van der Waals surface area contributed by atoms with Crippen LogP contribution >= 0.6 is 0 Å². The van der Waals surface area contributed by atoms with E-state index in [9.17, 15) is 9.90 Å². The van der Waals surface area contributed by atoms with Gasteiger partial charge in [-0.3, -0.25) is 9.78 Å². The number of aryl methyl sites for hydroxylation is 1. The fourth-order valence-corrected chi connectivity index (χ4v) is 3.67. The lowest BCUT2D eigenvalue weighted by atomic mass is 10.1. The molecule has 1 amide bonds. The number of rotatable bonds is 7. The second-order valence-corrected chi connectivity index (χ2v) is 8.70. The molecule has 1 saturated heterocycles. The lowest BCUT2D eigenvalue weighted by Gasteiger charge is -2.21. The zero-order valence-corrected chi connectivity index (χ0v) is 18.6. The van der Waals surface area contributed by atoms with Crippen LogP contribution in [-0.4, -0.2) is 40.9 Å². The smallest absolute Gasteiger partial charge is 0.268 e. The van der Waals surface area contributed by atoms with Gasteiger partial charge in [0.25, 0.3) is 5.91 Å². The molecule has 1 aliphatic heterocycles. The average Bonchev–Trinajstić information content (AvgIpc) is 3.13. The summed E-state index contributed by atoms with van der Waals surface area (Å²) < 4.78 is 11.7. The van der Waals surface area contributed by atoms with Crippen LogP contribution in [-0.2, 0) is 4.79 Å². The molecule has 6 heteroatoms. The maximum absolute atomic E-state index is 13.0. The van der Waals surface area contributed by atoms with Crippen LogP contribution in [0.15, 0.2) is 67.0 Å². The van der Waals surface area contributed by atoms with Gasteiger partial charge in [-0.2, -0.15) is 0 Å². The van der Waals surface area contributed by atoms with Gasteiger partial charge in [0.05, 0.1) is 5.60 Å². The first-order valence-electron chi connectivity index (χ1n) is 10.7. The summed E-state index contributed by atoms with van der Waals surface area (Å²) in [7, 11) is 0. The Labute approximate surface area is 188 Å². The van der Waals surface area contributed by atoms with E-state index in [1.165, 1.54) is 0 Å². The lowest BCUT2D eigenvalue weighted by molar-refractivity contribution is -0.122. The summed E-state index contributed by atoms with van der Waals surface area (Å²) in [4.78, 5) is 18.8. The number of benzene rings is 2. The number of pyridine rings is 1. The Hall–Kier alpha value is -3.38. The van der Waals surface area contributed by atoms with Gasteiger partial charge in [0, 0.05) is 31.0 Å². The Balaban J connectivity index is 1.40. The third-order valence-corrected chi connectivity index (χ3v) is 5.35. The third-order valence-electron chi connectivity index (χ3n) is 5.35. The van der Waals surface area contributed by atoms with Gasteiger partial charge in [-0.05, 0) is 79.9 Å². The second-order valence-electron chi connectivity index (χ2n) is 8.70. The van der Waals surface area contributed by atoms with Gasteiger partial charge in [-0.15, -0.1) is 0 Å². The van der Waals surface area contributed by atoms with E-state index in [-0.39, 0.29) is 12.5 Å². The van der Waals surface area contributed by atoms with E-state index < -0.39 is 11.7 Å². The van der Waals surface area contributed by atoms with Crippen molar-refractivity contribution >= 4 is 11.6 Å². The van der Waals surface area contributed by atoms with Crippen molar-refractivity contribution in [1.29, 1.82) is 0 Å². The molecule has 32 heavy (non-hydrogen) atoms. The highest BCUT2D eigenvalue weighted by molar-refractivity contribution is 5.99. The standard InChI is InChI=1S/C26H28N2O4/c1-18-16-21(6-9-23(18)31-17-26(2,3)30)28-15-12-24(25(28)29)32-22-7-4-19(5-8-22)20-10-13-27-14-11-20/h4-11,13-14,16,24,30H,12,15,17H2,1-3H3. The molecule has 6 nitrogen and oxygen atoms in total. The molecule has 1 fully saturated rings. The Morgan fingerprint density at radius 2 is 1.75 bits per heavy atom. The van der Waals surface area contributed by atoms with Gasteiger partial charge in [0.1, 0.15) is 18.1 Å². The Kier molecular flexibility index (Phi) is 6.15. The van der Waals surface area contributed by atoms with Crippen molar-refractivity contribution in [2.24, 2.45) is 0 Å². The fourth-order valence-electron chi connectivity index (χ4n) is 3.67. The summed E-state index contributed by atoms with van der Waals surface area (Å²) in [5.74, 6) is 1.33. The monoisotopic (exact) mass is 432 g/mol. The molecule has 0 saturated carbocycles. The molecule has 1 aromatic heterocycles. The number of ether oxygens (including phenoxy) is 2. The number of hydrogen-bond donors (Lipinski definition) is 1. The van der Waals surface area contributed by atoms with E-state index in [0.717, 1.165) is 22.4 Å². The Morgan fingerprint density at radius 3 is 2.41 bits per heavy atom. The normalized spacial score (nSPS) is 16.3. The van der Waals surface area contributed by atoms with Crippen LogP contribution in [0.25, 0.3) is 11.1 Å². The molecular weight excluding hydrogens is 404 g/mol. The summed E-state index contributed by atoms with van der Waals surface area (Å²) in [6.45, 7) is 6.13. The van der Waals surface area contributed by atoms with E-state index in [1.807, 2.05) is 61.5 Å². The molecule has 1 N–H and O–H groups in total. The minimum atomic E-state index is -0.906. The third kappa shape index (κ3) is 5.08. The second kappa shape index (κ2) is 9.01. The zero-order valence-electron chi connectivity index (χ0n) is 18.6. The van der Waals surface area contributed by atoms with Gasteiger partial charge < -0.3 is 19.5 Å². The molecule has 0 bridgehead atoms. The highest BCUT2D eigenvalue weighted by Gasteiger charge is 2.34. The van der Waals surface area contributed by atoms with E-state index in [1.54, 1.807) is 31.1 Å². The molecule has 3 aromatic rings. The van der Waals surface area contributed by atoms with Crippen LogP contribution in [0.3, 0.4) is 0 Å². The van der Waals surface area contributed by atoms with Crippen molar-refractivity contribution in [2.75, 3.05) is 18.1 Å². The predicted octanol–water partition coefficient (Wildman–Crippen LogP) is 4.39. The molecule has 1 aliphatic rings. The molecule has 166 valence electrons. The number of nitrogens with zero attached hydrogens (tertiary/aromatic N) is 2. The molecule has 0 radical (unpaired) electrons. The van der Waals surface area contributed by atoms with Crippen LogP contribution in [0.4, 0.5) is 5.69 Å². The van der Waals surface area contributed by atoms with E-state index in [2.05, 4.69) is 4.98 Å². The van der Waals surface area contributed by atoms with E-state index in [4.69, 9.17) is 9.47 Å². The van der Waals surface area contributed by atoms with Crippen molar-refractivity contribution in [3.8, 4) is 22.6 Å². The van der Waals surface area contributed by atoms with Crippen molar-refractivity contribution < 1.29 is 19.4 Å². The number of aromatic nitrogens is 1. The molecule has 0 spiro atoms. The lowest BCUT2D eigenvalue weighted by Crippen LogP contribution is -2.32. The highest BCUT2D eigenvalue weighted by atomic mass is 16.5. The van der Waals surface area contributed by atoms with E-state index in [0.29, 0.717) is 24.5 Å². The summed E-state index contributed by atoms with van der Waals surface area (Å²) in [5.41, 5.74) is 2.98. The zero-order chi connectivity index (χ0) is 22.7. The van der Waals surface area contributed by atoms with E-state index >= 15 is 0 Å². The van der Waals surface area contributed by atoms with Gasteiger partial charge in [0.2, 0.25) is 0 Å². The van der Waals surface area contributed by atoms with Crippen LogP contribution in [0.5, 0.6) is 11.5 Å². The first kappa shape index (κ1) is 21.8. The summed E-state index contributed by atoms with van der Waals surface area (Å²) in [6, 6.07) is 17.3. The number of anilines is 1. The Morgan fingerprint density at radius 1 is 1.06 bits per heavy atom. The number of aliphatic hydroxyl groups is 1. The van der Waals surface area contributed by atoms with Crippen LogP contribution < -0.4 is 14.4 Å². The number of hydrogen-bond acceptors (Lipinski definition) is 5. The van der Waals surface area contributed by atoms with Crippen LogP contribution in [0, 0.1) is 6.92 Å². The molecule has 2 aromatic carbocycles. The van der Waals surface area contributed by atoms with Gasteiger partial charge in [-0.1, -0.05) is 12.1 Å². The quantitative estimate of drug-likeness (QED) is 0.600. The minimum Gasteiger partial charge on any atom is -0.490 e. The van der Waals surface area contributed by atoms with Gasteiger partial charge >= 0.3 is 0 Å². The van der Waals surface area contributed by atoms with Crippen LogP contribution in [0.2, 0.25) is 0 Å². The number of carbonyl (C=O) groups excluding carboxylic acids is 1. The van der Waals surface area contributed by atoms with Crippen molar-refractivity contribution in [1.82, 2.24) is 4.98 Å². The number of amides is 1. The molecular formula is C26H28N2O4. The Bertz CT molecular complexity index is 1080. The summed E-state index contributed by atoms with van der Waals surface area (Å²) in [6.07, 6.45) is 3.65. The predicted molar refractivity (Wildman–Crippen MR) is 124 cm³/mol. The molecule has 1 unspecified atom stereocenters. The first-order chi connectivity index (χ1) is 15.3. The largest absolute Gasteiger partial charge is 0.490 e. The fraction of sp³-hybridized carbons (Fsp3) is 0.308. The highest BCUT2D eigenvalue weighted by Crippen LogP contribution is 2.30. The molecule has 4 rings (SSSR count). The van der Waals surface area contributed by atoms with Gasteiger partial charge in [0.15, 0.2) is 6.10 Å². The van der Waals surface area contributed by atoms with Gasteiger partial charge in [-0.25, -0.2) is 0 Å². The average molecular weight is 433 g/mol. The summed E-state index contributed by atoms with van der Waals surface area (Å²) in [5, 5.41) is 9.86. The van der Waals surface area contributed by atoms with Crippen molar-refractivity contribution in [3.63, 3.8) is 0 Å². The summed E-state index contributed by atoms with van der Waals surface area (Å²) >= 11 is 0.